The molecular weight excluding hydrogens is 160 g/mol. The van der Waals surface area contributed by atoms with E-state index >= 15 is 0 Å². The lowest BCUT2D eigenvalue weighted by atomic mass is 10.1. The molecule has 0 fully saturated rings. The van der Waals surface area contributed by atoms with Crippen LogP contribution in [0.15, 0.2) is 30.3 Å². The predicted octanol–water partition coefficient (Wildman–Crippen LogP) is 2.85. The number of aldehydes is 1. The quantitative estimate of drug-likeness (QED) is 0.598. The van der Waals surface area contributed by atoms with Gasteiger partial charge in [0.25, 0.3) is 0 Å². The molecule has 1 nitrogen and oxygen atoms in total. The zero-order chi connectivity index (χ0) is 9.52. The summed E-state index contributed by atoms with van der Waals surface area (Å²) in [6.45, 7) is 1.81. The maximum absolute atomic E-state index is 9.17. The van der Waals surface area contributed by atoms with E-state index in [4.69, 9.17) is 0 Å². The second-order valence-corrected chi connectivity index (χ2v) is 2.88. The lowest BCUT2D eigenvalue weighted by Gasteiger charge is -1.93. The molecule has 0 unspecified atom stereocenters. The van der Waals surface area contributed by atoms with E-state index in [1.54, 1.807) is 0 Å². The highest BCUT2D eigenvalue weighted by molar-refractivity contribution is 5.59. The molecule has 2 rings (SSSR count). The number of rotatable bonds is 1. The van der Waals surface area contributed by atoms with Gasteiger partial charge in [-0.1, -0.05) is 43.3 Å². The standard InChI is InChI=1S/C9H8.C3H6O/c1-2-5-9-7-3-6-8(9)4-1;1-2-3-4/h1-6H,7H2;3H,2H2,1H3. The molecule has 1 aliphatic rings. The summed E-state index contributed by atoms with van der Waals surface area (Å²) in [5.74, 6) is 0. The van der Waals surface area contributed by atoms with E-state index in [9.17, 15) is 4.79 Å². The van der Waals surface area contributed by atoms with E-state index in [0.29, 0.717) is 6.42 Å². The first-order valence-electron chi connectivity index (χ1n) is 4.56. The maximum atomic E-state index is 9.17. The summed E-state index contributed by atoms with van der Waals surface area (Å²) in [7, 11) is 0. The Bertz CT molecular complexity index is 300. The van der Waals surface area contributed by atoms with E-state index in [-0.39, 0.29) is 0 Å². The van der Waals surface area contributed by atoms with Crippen molar-refractivity contribution in [2.45, 2.75) is 19.8 Å². The second-order valence-electron chi connectivity index (χ2n) is 2.88. The van der Waals surface area contributed by atoms with Gasteiger partial charge in [-0.05, 0) is 17.5 Å². The first-order chi connectivity index (χ1) is 6.38. The van der Waals surface area contributed by atoms with Crippen molar-refractivity contribution < 1.29 is 4.79 Å². The fraction of sp³-hybridized carbons (Fsp3) is 0.250. The maximum Gasteiger partial charge on any atom is 0.119 e. The molecule has 1 aromatic carbocycles. The highest BCUT2D eigenvalue weighted by Gasteiger charge is 2.00. The Morgan fingerprint density at radius 2 is 2.08 bits per heavy atom. The molecule has 0 atom stereocenters. The average Bonchev–Trinajstić information content (AvgIpc) is 2.66. The van der Waals surface area contributed by atoms with Crippen LogP contribution in [-0.2, 0) is 11.2 Å². The number of allylic oxidation sites excluding steroid dienone is 1. The van der Waals surface area contributed by atoms with Gasteiger partial charge in [0.2, 0.25) is 0 Å². The molecule has 1 heteroatoms. The molecule has 13 heavy (non-hydrogen) atoms. The summed E-state index contributed by atoms with van der Waals surface area (Å²) < 4.78 is 0. The first kappa shape index (κ1) is 9.72. The zero-order valence-electron chi connectivity index (χ0n) is 7.86. The van der Waals surface area contributed by atoms with Gasteiger partial charge in [0.05, 0.1) is 0 Å². The fourth-order valence-corrected chi connectivity index (χ4v) is 1.20. The van der Waals surface area contributed by atoms with Crippen LogP contribution in [0, 0.1) is 0 Å². The average molecular weight is 174 g/mol. The number of benzene rings is 1. The lowest BCUT2D eigenvalue weighted by Crippen LogP contribution is -1.76. The van der Waals surface area contributed by atoms with Gasteiger partial charge in [-0.15, -0.1) is 0 Å². The van der Waals surface area contributed by atoms with Crippen LogP contribution in [0.2, 0.25) is 0 Å². The smallest absolute Gasteiger partial charge is 0.119 e. The van der Waals surface area contributed by atoms with Gasteiger partial charge in [0, 0.05) is 6.42 Å². The Morgan fingerprint density at radius 1 is 1.38 bits per heavy atom. The van der Waals surface area contributed by atoms with Gasteiger partial charge in [-0.25, -0.2) is 0 Å². The van der Waals surface area contributed by atoms with Crippen molar-refractivity contribution in [2.24, 2.45) is 0 Å². The van der Waals surface area contributed by atoms with Gasteiger partial charge in [0.15, 0.2) is 0 Å². The van der Waals surface area contributed by atoms with Crippen LogP contribution in [0.3, 0.4) is 0 Å². The van der Waals surface area contributed by atoms with Crippen molar-refractivity contribution in [1.82, 2.24) is 0 Å². The highest BCUT2D eigenvalue weighted by atomic mass is 16.1. The normalized spacial score (nSPS) is 11.5. The minimum Gasteiger partial charge on any atom is -0.303 e. The third-order valence-electron chi connectivity index (χ3n) is 1.86. The van der Waals surface area contributed by atoms with Crippen molar-refractivity contribution in [3.63, 3.8) is 0 Å². The summed E-state index contributed by atoms with van der Waals surface area (Å²) in [6.07, 6.45) is 7.01. The molecule has 0 N–H and O–H groups in total. The Labute approximate surface area is 79.1 Å². The van der Waals surface area contributed by atoms with Gasteiger partial charge in [0.1, 0.15) is 6.29 Å². The summed E-state index contributed by atoms with van der Waals surface area (Å²) in [5, 5.41) is 0. The van der Waals surface area contributed by atoms with E-state index in [1.807, 2.05) is 6.92 Å². The van der Waals surface area contributed by atoms with E-state index < -0.39 is 0 Å². The number of carbonyl (C=O) groups is 1. The van der Waals surface area contributed by atoms with Crippen molar-refractivity contribution in [2.75, 3.05) is 0 Å². The van der Waals surface area contributed by atoms with Gasteiger partial charge in [-0.3, -0.25) is 0 Å². The molecular formula is C12H14O. The molecule has 0 saturated carbocycles. The third kappa shape index (κ3) is 2.86. The Kier molecular flexibility index (Phi) is 3.97. The number of hydrogen-bond donors (Lipinski definition) is 0. The largest absolute Gasteiger partial charge is 0.303 e. The summed E-state index contributed by atoms with van der Waals surface area (Å²) >= 11 is 0. The highest BCUT2D eigenvalue weighted by Crippen LogP contribution is 2.17. The molecule has 0 amide bonds. The zero-order valence-corrected chi connectivity index (χ0v) is 7.86. The van der Waals surface area contributed by atoms with Crippen LogP contribution in [0.5, 0.6) is 0 Å². The van der Waals surface area contributed by atoms with Crippen molar-refractivity contribution >= 4 is 12.4 Å². The van der Waals surface area contributed by atoms with Crippen LogP contribution >= 0.6 is 0 Å². The molecule has 68 valence electrons. The van der Waals surface area contributed by atoms with E-state index in [0.717, 1.165) is 12.7 Å². The molecule has 0 radical (unpaired) electrons. The summed E-state index contributed by atoms with van der Waals surface area (Å²) in [5.41, 5.74) is 2.84. The molecule has 0 aliphatic heterocycles. The van der Waals surface area contributed by atoms with Crippen LogP contribution in [0.4, 0.5) is 0 Å². The molecule has 1 aliphatic carbocycles. The number of hydrogen-bond acceptors (Lipinski definition) is 1. The van der Waals surface area contributed by atoms with Crippen LogP contribution in [-0.4, -0.2) is 6.29 Å². The molecule has 0 bridgehead atoms. The first-order valence-corrected chi connectivity index (χ1v) is 4.56. The molecule has 0 saturated heterocycles. The van der Waals surface area contributed by atoms with Crippen LogP contribution in [0.1, 0.15) is 24.5 Å². The van der Waals surface area contributed by atoms with Crippen molar-refractivity contribution in [3.8, 4) is 0 Å². The predicted molar refractivity (Wildman–Crippen MR) is 55.5 cm³/mol. The van der Waals surface area contributed by atoms with E-state index in [2.05, 4.69) is 36.4 Å². The Balaban J connectivity index is 0.000000184. The lowest BCUT2D eigenvalue weighted by molar-refractivity contribution is -0.107. The Hall–Kier alpha value is -1.37. The fourth-order valence-electron chi connectivity index (χ4n) is 1.20. The summed E-state index contributed by atoms with van der Waals surface area (Å²) in [6, 6.07) is 8.49. The molecule has 0 heterocycles. The molecule has 1 aromatic rings. The minimum absolute atomic E-state index is 0.639. The van der Waals surface area contributed by atoms with Gasteiger partial charge in [-0.2, -0.15) is 0 Å². The SMILES string of the molecule is C1=Cc2ccccc2C1.CCC=O. The van der Waals surface area contributed by atoms with Crippen LogP contribution < -0.4 is 0 Å². The van der Waals surface area contributed by atoms with Crippen LogP contribution in [0.25, 0.3) is 6.08 Å². The molecule has 0 spiro atoms. The van der Waals surface area contributed by atoms with Gasteiger partial charge >= 0.3 is 0 Å². The minimum atomic E-state index is 0.639. The second kappa shape index (κ2) is 5.31. The van der Waals surface area contributed by atoms with Gasteiger partial charge < -0.3 is 4.79 Å². The number of fused-ring (bicyclic) bond motifs is 1. The summed E-state index contributed by atoms with van der Waals surface area (Å²) in [4.78, 5) is 9.17. The third-order valence-corrected chi connectivity index (χ3v) is 1.86. The molecule has 0 aromatic heterocycles. The number of carbonyl (C=O) groups excluding carboxylic acids is 1. The van der Waals surface area contributed by atoms with E-state index in [1.165, 1.54) is 11.1 Å². The Morgan fingerprint density at radius 3 is 2.69 bits per heavy atom. The van der Waals surface area contributed by atoms with Crippen molar-refractivity contribution in [3.05, 3.63) is 41.5 Å². The monoisotopic (exact) mass is 174 g/mol. The van der Waals surface area contributed by atoms with Crippen molar-refractivity contribution in [1.29, 1.82) is 0 Å². The topological polar surface area (TPSA) is 17.1 Å².